The fourth-order valence-corrected chi connectivity index (χ4v) is 4.01. The Bertz CT molecular complexity index is 681. The van der Waals surface area contributed by atoms with Crippen LogP contribution in [0.15, 0.2) is 12.1 Å². The average Bonchev–Trinajstić information content (AvgIpc) is 2.62. The Morgan fingerprint density at radius 3 is 2.41 bits per heavy atom. The average molecular weight is 398 g/mol. The molecule has 0 radical (unpaired) electrons. The van der Waals surface area contributed by atoms with Crippen molar-refractivity contribution < 1.29 is 14.3 Å². The van der Waals surface area contributed by atoms with Gasteiger partial charge >= 0.3 is 0 Å². The minimum Gasteiger partial charge on any atom is -0.493 e. The van der Waals surface area contributed by atoms with Crippen LogP contribution in [0.25, 0.3) is 0 Å². The Balaban J connectivity index is 0.00000261. The molecule has 1 fully saturated rings. The summed E-state index contributed by atoms with van der Waals surface area (Å²) < 4.78 is 10.8. The topological polar surface area (TPSA) is 68.0 Å². The molecule has 0 aromatic heterocycles. The maximum Gasteiger partial charge on any atom is 0.237 e. The number of hydrogen-bond acceptors (Lipinski definition) is 5. The van der Waals surface area contributed by atoms with Gasteiger partial charge in [0, 0.05) is 32.2 Å². The maximum absolute atomic E-state index is 12.8. The first kappa shape index (κ1) is 21.8. The Kier molecular flexibility index (Phi) is 7.00. The molecular weight excluding hydrogens is 366 g/mol. The lowest BCUT2D eigenvalue weighted by molar-refractivity contribution is -0.134. The molecule has 27 heavy (non-hydrogen) atoms. The molecule has 2 N–H and O–H groups in total. The smallest absolute Gasteiger partial charge is 0.237 e. The normalized spacial score (nSPS) is 21.8. The predicted octanol–water partition coefficient (Wildman–Crippen LogP) is 2.07. The third-order valence-electron chi connectivity index (χ3n) is 5.82. The van der Waals surface area contributed by atoms with Crippen LogP contribution in [0.5, 0.6) is 11.5 Å². The monoisotopic (exact) mass is 397 g/mol. The van der Waals surface area contributed by atoms with Gasteiger partial charge in [0.05, 0.1) is 20.8 Å². The summed E-state index contributed by atoms with van der Waals surface area (Å²) >= 11 is 0. The van der Waals surface area contributed by atoms with Gasteiger partial charge in [0.25, 0.3) is 0 Å². The molecule has 0 saturated carbocycles. The molecule has 1 amide bonds. The number of likely N-dealkylation sites (tertiary alicyclic amines) is 1. The summed E-state index contributed by atoms with van der Waals surface area (Å²) in [4.78, 5) is 17.0. The zero-order chi connectivity index (χ0) is 18.9. The van der Waals surface area contributed by atoms with Crippen molar-refractivity contribution in [3.63, 3.8) is 0 Å². The SMILES string of the molecule is COc1cc2c(cc1OC)CN(C(=O)CN1CCC(N)C(C)(C)C1)CC2.Cl. The van der Waals surface area contributed by atoms with Gasteiger partial charge < -0.3 is 20.1 Å². The highest BCUT2D eigenvalue weighted by atomic mass is 35.5. The molecule has 6 nitrogen and oxygen atoms in total. The van der Waals surface area contributed by atoms with Crippen molar-refractivity contribution >= 4 is 18.3 Å². The summed E-state index contributed by atoms with van der Waals surface area (Å²) in [6.45, 7) is 7.99. The first-order valence-corrected chi connectivity index (χ1v) is 9.33. The van der Waals surface area contributed by atoms with E-state index in [1.807, 2.05) is 17.0 Å². The highest BCUT2D eigenvalue weighted by molar-refractivity contribution is 5.85. The van der Waals surface area contributed by atoms with Crippen LogP contribution in [-0.4, -0.2) is 62.1 Å². The summed E-state index contributed by atoms with van der Waals surface area (Å²) in [6, 6.07) is 4.24. The Morgan fingerprint density at radius 2 is 1.81 bits per heavy atom. The van der Waals surface area contributed by atoms with E-state index in [0.29, 0.717) is 18.8 Å². The quantitative estimate of drug-likeness (QED) is 0.842. The number of carbonyl (C=O) groups is 1. The molecule has 1 aromatic carbocycles. The van der Waals surface area contributed by atoms with Crippen molar-refractivity contribution in [3.8, 4) is 11.5 Å². The first-order valence-electron chi connectivity index (χ1n) is 9.33. The molecule has 2 aliphatic heterocycles. The van der Waals surface area contributed by atoms with E-state index in [1.165, 1.54) is 5.56 Å². The highest BCUT2D eigenvalue weighted by Crippen LogP contribution is 2.33. The number of fused-ring (bicyclic) bond motifs is 1. The first-order chi connectivity index (χ1) is 12.3. The summed E-state index contributed by atoms with van der Waals surface area (Å²) in [5.41, 5.74) is 8.64. The fourth-order valence-electron chi connectivity index (χ4n) is 4.01. The van der Waals surface area contributed by atoms with Gasteiger partial charge in [-0.3, -0.25) is 9.69 Å². The third-order valence-corrected chi connectivity index (χ3v) is 5.82. The maximum atomic E-state index is 12.8. The molecule has 0 spiro atoms. The minimum atomic E-state index is 0. The van der Waals surface area contributed by atoms with Gasteiger partial charge in [0.15, 0.2) is 11.5 Å². The zero-order valence-corrected chi connectivity index (χ0v) is 17.6. The second-order valence-corrected chi connectivity index (χ2v) is 8.14. The largest absolute Gasteiger partial charge is 0.493 e. The van der Waals surface area contributed by atoms with Crippen LogP contribution in [-0.2, 0) is 17.8 Å². The molecule has 1 atom stereocenters. The van der Waals surface area contributed by atoms with Crippen molar-refractivity contribution in [1.29, 1.82) is 0 Å². The minimum absolute atomic E-state index is 0. The summed E-state index contributed by atoms with van der Waals surface area (Å²) in [5, 5.41) is 0. The van der Waals surface area contributed by atoms with Crippen LogP contribution in [0, 0.1) is 5.41 Å². The molecule has 0 bridgehead atoms. The second kappa shape index (κ2) is 8.67. The molecular formula is C20H32ClN3O3. The van der Waals surface area contributed by atoms with Gasteiger partial charge in [-0.1, -0.05) is 13.8 Å². The second-order valence-electron chi connectivity index (χ2n) is 8.14. The molecule has 2 aliphatic rings. The number of ether oxygens (including phenoxy) is 2. The van der Waals surface area contributed by atoms with Crippen LogP contribution in [0.1, 0.15) is 31.4 Å². The Morgan fingerprint density at radius 1 is 1.19 bits per heavy atom. The fraction of sp³-hybridized carbons (Fsp3) is 0.650. The van der Waals surface area contributed by atoms with Gasteiger partial charge in [0.1, 0.15) is 0 Å². The standard InChI is InChI=1S/C20H31N3O3.ClH/c1-20(2)13-22(7-6-18(20)21)12-19(24)23-8-5-14-9-16(25-3)17(26-4)10-15(14)11-23;/h9-10,18H,5-8,11-13,21H2,1-4H3;1H. The van der Waals surface area contributed by atoms with E-state index in [4.69, 9.17) is 15.2 Å². The van der Waals surface area contributed by atoms with Gasteiger partial charge in [-0.15, -0.1) is 12.4 Å². The number of nitrogens with zero attached hydrogens (tertiary/aromatic N) is 2. The van der Waals surface area contributed by atoms with E-state index in [0.717, 1.165) is 43.8 Å². The lowest BCUT2D eigenvalue weighted by Crippen LogP contribution is -2.54. The molecule has 152 valence electrons. The van der Waals surface area contributed by atoms with Crippen molar-refractivity contribution in [2.75, 3.05) is 40.4 Å². The number of rotatable bonds is 4. The van der Waals surface area contributed by atoms with Crippen LogP contribution < -0.4 is 15.2 Å². The summed E-state index contributed by atoms with van der Waals surface area (Å²) in [6.07, 6.45) is 1.79. The van der Waals surface area contributed by atoms with E-state index < -0.39 is 0 Å². The van der Waals surface area contributed by atoms with E-state index in [9.17, 15) is 4.79 Å². The molecule has 1 aromatic rings. The number of carbonyl (C=O) groups excluding carboxylic acids is 1. The molecule has 7 heteroatoms. The van der Waals surface area contributed by atoms with Crippen LogP contribution in [0.3, 0.4) is 0 Å². The van der Waals surface area contributed by atoms with Crippen molar-refractivity contribution in [2.45, 2.75) is 39.3 Å². The number of benzene rings is 1. The van der Waals surface area contributed by atoms with E-state index in [2.05, 4.69) is 18.7 Å². The number of nitrogens with two attached hydrogens (primary N) is 1. The molecule has 1 saturated heterocycles. The summed E-state index contributed by atoms with van der Waals surface area (Å²) in [5.74, 6) is 1.65. The number of amides is 1. The number of methoxy groups -OCH3 is 2. The van der Waals surface area contributed by atoms with Crippen molar-refractivity contribution in [1.82, 2.24) is 9.80 Å². The van der Waals surface area contributed by atoms with Gasteiger partial charge in [-0.05, 0) is 41.5 Å². The van der Waals surface area contributed by atoms with Crippen molar-refractivity contribution in [2.24, 2.45) is 11.1 Å². The van der Waals surface area contributed by atoms with Crippen molar-refractivity contribution in [3.05, 3.63) is 23.3 Å². The number of piperidine rings is 1. The number of hydrogen-bond donors (Lipinski definition) is 1. The van der Waals surface area contributed by atoms with E-state index >= 15 is 0 Å². The molecule has 1 unspecified atom stereocenters. The Hall–Kier alpha value is -1.50. The highest BCUT2D eigenvalue weighted by Gasteiger charge is 2.34. The summed E-state index contributed by atoms with van der Waals surface area (Å²) in [7, 11) is 3.29. The molecule has 0 aliphatic carbocycles. The molecule has 2 heterocycles. The lowest BCUT2D eigenvalue weighted by Gasteiger charge is -2.43. The number of halogens is 1. The van der Waals surface area contributed by atoms with E-state index in [1.54, 1.807) is 14.2 Å². The van der Waals surface area contributed by atoms with Crippen LogP contribution >= 0.6 is 12.4 Å². The van der Waals surface area contributed by atoms with Gasteiger partial charge in [0.2, 0.25) is 5.91 Å². The lowest BCUT2D eigenvalue weighted by atomic mass is 9.80. The Labute approximate surface area is 168 Å². The zero-order valence-electron chi connectivity index (χ0n) is 16.8. The van der Waals surface area contributed by atoms with Gasteiger partial charge in [-0.25, -0.2) is 0 Å². The van der Waals surface area contributed by atoms with Crippen LogP contribution in [0.2, 0.25) is 0 Å². The van der Waals surface area contributed by atoms with Crippen LogP contribution in [0.4, 0.5) is 0 Å². The molecule has 3 rings (SSSR count). The van der Waals surface area contributed by atoms with E-state index in [-0.39, 0.29) is 29.8 Å². The predicted molar refractivity (Wildman–Crippen MR) is 109 cm³/mol. The van der Waals surface area contributed by atoms with Gasteiger partial charge in [-0.2, -0.15) is 0 Å². The third kappa shape index (κ3) is 4.68.